The highest BCUT2D eigenvalue weighted by atomic mass is 16.3. The molecule has 0 unspecified atom stereocenters. The van der Waals surface area contributed by atoms with E-state index in [1.165, 1.54) is 11.1 Å². The monoisotopic (exact) mass is 281 g/mol. The molecule has 1 aliphatic rings. The second kappa shape index (κ2) is 5.70. The van der Waals surface area contributed by atoms with Gasteiger partial charge in [-0.05, 0) is 29.2 Å². The van der Waals surface area contributed by atoms with E-state index in [0.29, 0.717) is 18.0 Å². The summed E-state index contributed by atoms with van der Waals surface area (Å²) in [5.74, 6) is 0.458. The molecule has 2 aromatic rings. The Bertz CT molecular complexity index is 666. The molecular weight excluding hydrogens is 262 g/mol. The van der Waals surface area contributed by atoms with Gasteiger partial charge in [-0.1, -0.05) is 43.3 Å². The molecule has 3 heteroatoms. The van der Waals surface area contributed by atoms with E-state index in [2.05, 4.69) is 30.0 Å². The Morgan fingerprint density at radius 1 is 1.19 bits per heavy atom. The molecule has 0 saturated carbocycles. The average Bonchev–Trinajstić information content (AvgIpc) is 2.47. The molecule has 0 bridgehead atoms. The zero-order valence-corrected chi connectivity index (χ0v) is 12.1. The molecule has 1 N–H and O–H groups in total. The van der Waals surface area contributed by atoms with E-state index in [1.807, 2.05) is 6.07 Å². The number of phenolic OH excluding ortho intramolecular Hbond substituents is 1. The summed E-state index contributed by atoms with van der Waals surface area (Å²) in [5, 5.41) is 9.78. The van der Waals surface area contributed by atoms with Crippen LogP contribution in [0.2, 0.25) is 0 Å². The fraction of sp³-hybridized carbons (Fsp3) is 0.278. The number of hydrogen-bond acceptors (Lipinski definition) is 3. The first kappa shape index (κ1) is 13.8. The maximum absolute atomic E-state index is 12.4. The third-order valence-corrected chi connectivity index (χ3v) is 4.08. The lowest BCUT2D eigenvalue weighted by Crippen LogP contribution is -2.36. The molecule has 3 nitrogen and oxygen atoms in total. The Morgan fingerprint density at radius 3 is 2.71 bits per heavy atom. The molecule has 0 amide bonds. The van der Waals surface area contributed by atoms with E-state index in [4.69, 9.17) is 0 Å². The molecule has 1 heterocycles. The van der Waals surface area contributed by atoms with Crippen LogP contribution in [-0.4, -0.2) is 28.9 Å². The van der Waals surface area contributed by atoms with Crippen LogP contribution in [0, 0.1) is 0 Å². The van der Waals surface area contributed by atoms with Gasteiger partial charge in [-0.15, -0.1) is 0 Å². The lowest BCUT2D eigenvalue weighted by molar-refractivity contribution is 0.0912. The first-order valence-corrected chi connectivity index (χ1v) is 7.26. The minimum Gasteiger partial charge on any atom is -0.507 e. The second-order valence-electron chi connectivity index (χ2n) is 5.71. The number of benzene rings is 2. The molecule has 2 aromatic carbocycles. The van der Waals surface area contributed by atoms with E-state index in [0.717, 1.165) is 13.1 Å². The molecular formula is C18H19NO2. The summed E-state index contributed by atoms with van der Waals surface area (Å²) in [5.41, 5.74) is 3.08. The number of carbonyl (C=O) groups excluding carboxylic acids is 1. The van der Waals surface area contributed by atoms with Crippen LogP contribution in [0.3, 0.4) is 0 Å². The normalized spacial score (nSPS) is 18.2. The van der Waals surface area contributed by atoms with Gasteiger partial charge in [0.25, 0.3) is 0 Å². The van der Waals surface area contributed by atoms with Crippen LogP contribution in [-0.2, 0) is 6.54 Å². The van der Waals surface area contributed by atoms with Crippen LogP contribution in [0.5, 0.6) is 5.75 Å². The van der Waals surface area contributed by atoms with Gasteiger partial charge in [-0.3, -0.25) is 9.69 Å². The summed E-state index contributed by atoms with van der Waals surface area (Å²) in [6.45, 7) is 4.20. The van der Waals surface area contributed by atoms with E-state index >= 15 is 0 Å². The molecule has 21 heavy (non-hydrogen) atoms. The molecule has 0 aliphatic carbocycles. The number of ketones is 1. The molecule has 108 valence electrons. The van der Waals surface area contributed by atoms with Gasteiger partial charge in [0, 0.05) is 13.1 Å². The van der Waals surface area contributed by atoms with Crippen molar-refractivity contribution in [1.29, 1.82) is 0 Å². The van der Waals surface area contributed by atoms with Crippen LogP contribution in [0.25, 0.3) is 0 Å². The van der Waals surface area contributed by atoms with Crippen molar-refractivity contribution in [2.75, 3.05) is 13.1 Å². The van der Waals surface area contributed by atoms with Crippen molar-refractivity contribution in [3.8, 4) is 5.75 Å². The Kier molecular flexibility index (Phi) is 3.76. The second-order valence-corrected chi connectivity index (χ2v) is 5.71. The van der Waals surface area contributed by atoms with Crippen LogP contribution in [0.4, 0.5) is 0 Å². The van der Waals surface area contributed by atoms with Crippen molar-refractivity contribution in [1.82, 2.24) is 4.90 Å². The topological polar surface area (TPSA) is 40.5 Å². The number of aromatic hydroxyl groups is 1. The van der Waals surface area contributed by atoms with E-state index in [9.17, 15) is 9.90 Å². The standard InChI is InChI=1S/C18H19NO2/c1-13-10-19(11-14-6-2-3-7-15(13)14)12-18(21)16-8-4-5-9-17(16)20/h2-9,13,20H,10-12H2,1H3/t13-/m1/s1. The van der Waals surface area contributed by atoms with Gasteiger partial charge >= 0.3 is 0 Å². The van der Waals surface area contributed by atoms with Gasteiger partial charge < -0.3 is 5.11 Å². The van der Waals surface area contributed by atoms with Crippen molar-refractivity contribution >= 4 is 5.78 Å². The number of para-hydroxylation sites is 1. The van der Waals surface area contributed by atoms with Crippen molar-refractivity contribution < 1.29 is 9.90 Å². The van der Waals surface area contributed by atoms with Crippen molar-refractivity contribution in [2.24, 2.45) is 0 Å². The first-order valence-electron chi connectivity index (χ1n) is 7.26. The molecule has 1 atom stereocenters. The Morgan fingerprint density at radius 2 is 1.90 bits per heavy atom. The van der Waals surface area contributed by atoms with E-state index < -0.39 is 0 Å². The number of nitrogens with zero attached hydrogens (tertiary/aromatic N) is 1. The van der Waals surface area contributed by atoms with Crippen molar-refractivity contribution in [3.63, 3.8) is 0 Å². The summed E-state index contributed by atoms with van der Waals surface area (Å²) >= 11 is 0. The minimum atomic E-state index is -0.0281. The summed E-state index contributed by atoms with van der Waals surface area (Å²) < 4.78 is 0. The third-order valence-electron chi connectivity index (χ3n) is 4.08. The maximum Gasteiger partial charge on any atom is 0.180 e. The van der Waals surface area contributed by atoms with Crippen LogP contribution in [0.1, 0.15) is 34.3 Å². The zero-order chi connectivity index (χ0) is 14.8. The molecule has 0 radical (unpaired) electrons. The van der Waals surface area contributed by atoms with E-state index in [1.54, 1.807) is 24.3 Å². The molecule has 0 saturated heterocycles. The van der Waals surface area contributed by atoms with Gasteiger partial charge in [0.05, 0.1) is 12.1 Å². The molecule has 3 rings (SSSR count). The lowest BCUT2D eigenvalue weighted by Gasteiger charge is -2.32. The van der Waals surface area contributed by atoms with E-state index in [-0.39, 0.29) is 11.5 Å². The average molecular weight is 281 g/mol. The Labute approximate surface area is 124 Å². The smallest absolute Gasteiger partial charge is 0.180 e. The third kappa shape index (κ3) is 2.83. The van der Waals surface area contributed by atoms with Gasteiger partial charge in [0.15, 0.2) is 5.78 Å². The lowest BCUT2D eigenvalue weighted by atomic mass is 9.91. The van der Waals surface area contributed by atoms with Crippen molar-refractivity contribution in [2.45, 2.75) is 19.4 Å². The largest absolute Gasteiger partial charge is 0.507 e. The number of carbonyl (C=O) groups is 1. The highest BCUT2D eigenvalue weighted by Gasteiger charge is 2.24. The summed E-state index contributed by atoms with van der Waals surface area (Å²) in [6, 6.07) is 15.1. The SMILES string of the molecule is C[C@@H]1CN(CC(=O)c2ccccc2O)Cc2ccccc21. The Balaban J connectivity index is 1.75. The molecule has 1 aliphatic heterocycles. The fourth-order valence-corrected chi connectivity index (χ4v) is 3.07. The predicted molar refractivity (Wildman–Crippen MR) is 82.6 cm³/mol. The highest BCUT2D eigenvalue weighted by molar-refractivity contribution is 5.99. The summed E-state index contributed by atoms with van der Waals surface area (Å²) in [6.07, 6.45) is 0. The Hall–Kier alpha value is -2.13. The fourth-order valence-electron chi connectivity index (χ4n) is 3.07. The predicted octanol–water partition coefficient (Wildman–Crippen LogP) is 3.19. The molecule has 0 fully saturated rings. The van der Waals surface area contributed by atoms with Crippen LogP contribution >= 0.6 is 0 Å². The zero-order valence-electron chi connectivity index (χ0n) is 12.1. The van der Waals surface area contributed by atoms with Gasteiger partial charge in [-0.2, -0.15) is 0 Å². The number of rotatable bonds is 3. The molecule has 0 aromatic heterocycles. The first-order chi connectivity index (χ1) is 10.1. The van der Waals surface area contributed by atoms with Crippen LogP contribution in [0.15, 0.2) is 48.5 Å². The number of Topliss-reactive ketones (excluding diaryl/α,β-unsaturated/α-hetero) is 1. The number of phenols is 1. The quantitative estimate of drug-likeness (QED) is 0.878. The minimum absolute atomic E-state index is 0.0281. The summed E-state index contributed by atoms with van der Waals surface area (Å²) in [4.78, 5) is 14.5. The number of hydrogen-bond donors (Lipinski definition) is 1. The van der Waals surface area contributed by atoms with Gasteiger partial charge in [0.1, 0.15) is 5.75 Å². The van der Waals surface area contributed by atoms with Crippen LogP contribution < -0.4 is 0 Å². The maximum atomic E-state index is 12.4. The van der Waals surface area contributed by atoms with Gasteiger partial charge in [-0.25, -0.2) is 0 Å². The van der Waals surface area contributed by atoms with Gasteiger partial charge in [0.2, 0.25) is 0 Å². The number of fused-ring (bicyclic) bond motifs is 1. The van der Waals surface area contributed by atoms with Crippen molar-refractivity contribution in [3.05, 3.63) is 65.2 Å². The summed E-state index contributed by atoms with van der Waals surface area (Å²) in [7, 11) is 0. The molecule has 0 spiro atoms. The highest BCUT2D eigenvalue weighted by Crippen LogP contribution is 2.28.